The molecule has 0 aliphatic rings. The van der Waals surface area contributed by atoms with E-state index in [1.54, 1.807) is 36.7 Å². The lowest BCUT2D eigenvalue weighted by Crippen LogP contribution is -2.13. The Labute approximate surface area is 133 Å². The number of hydrogen-bond donors (Lipinski definition) is 1. The second-order valence-electron chi connectivity index (χ2n) is 5.04. The first kappa shape index (κ1) is 14.7. The molecule has 0 bridgehead atoms. The minimum atomic E-state index is -0.305. The molecule has 0 atom stereocenters. The van der Waals surface area contributed by atoms with E-state index in [-0.39, 0.29) is 11.9 Å². The Morgan fingerprint density at radius 3 is 2.39 bits per heavy atom. The zero-order chi connectivity index (χ0) is 16.2. The zero-order valence-electron chi connectivity index (χ0n) is 12.7. The molecule has 0 saturated carbocycles. The first-order valence-corrected chi connectivity index (χ1v) is 6.96. The fourth-order valence-corrected chi connectivity index (χ4v) is 1.97. The highest BCUT2D eigenvalue weighted by molar-refractivity contribution is 6.03. The standard InChI is InChI=1S/C16H15N5O2/c1-21(2)13-5-3-11(4-6-13)14(22)18-16-20-19-15(23-16)12-7-9-17-10-8-12/h3-10H,1-2H3,(H,18,20,22). The third kappa shape index (κ3) is 3.34. The molecule has 0 spiro atoms. The highest BCUT2D eigenvalue weighted by Gasteiger charge is 2.12. The predicted octanol–water partition coefficient (Wildman–Crippen LogP) is 2.45. The van der Waals surface area contributed by atoms with E-state index < -0.39 is 0 Å². The van der Waals surface area contributed by atoms with Crippen LogP contribution in [0.15, 0.2) is 53.2 Å². The molecule has 0 fully saturated rings. The Hall–Kier alpha value is -3.22. The number of anilines is 2. The Bertz CT molecular complexity index is 797. The van der Waals surface area contributed by atoms with E-state index in [1.807, 2.05) is 31.1 Å². The first-order valence-electron chi connectivity index (χ1n) is 6.96. The van der Waals surface area contributed by atoms with Gasteiger partial charge in [-0.15, -0.1) is 5.10 Å². The third-order valence-electron chi connectivity index (χ3n) is 3.22. The summed E-state index contributed by atoms with van der Waals surface area (Å²) in [6, 6.07) is 10.8. The van der Waals surface area contributed by atoms with Crippen molar-refractivity contribution < 1.29 is 9.21 Å². The number of carbonyl (C=O) groups excluding carboxylic acids is 1. The average Bonchev–Trinajstić information content (AvgIpc) is 3.04. The molecule has 3 aromatic rings. The molecule has 23 heavy (non-hydrogen) atoms. The van der Waals surface area contributed by atoms with Gasteiger partial charge in [0.15, 0.2) is 0 Å². The fourth-order valence-electron chi connectivity index (χ4n) is 1.97. The van der Waals surface area contributed by atoms with Crippen molar-refractivity contribution in [3.63, 3.8) is 0 Å². The number of nitrogens with zero attached hydrogens (tertiary/aromatic N) is 4. The second-order valence-corrected chi connectivity index (χ2v) is 5.04. The quantitative estimate of drug-likeness (QED) is 0.797. The van der Waals surface area contributed by atoms with Gasteiger partial charge in [0.2, 0.25) is 5.89 Å². The normalized spacial score (nSPS) is 10.3. The zero-order valence-corrected chi connectivity index (χ0v) is 12.7. The highest BCUT2D eigenvalue weighted by Crippen LogP contribution is 2.19. The number of hydrogen-bond acceptors (Lipinski definition) is 6. The molecule has 7 nitrogen and oxygen atoms in total. The highest BCUT2D eigenvalue weighted by atomic mass is 16.4. The number of amides is 1. The molecular weight excluding hydrogens is 294 g/mol. The van der Waals surface area contributed by atoms with Gasteiger partial charge in [-0.2, -0.15) is 0 Å². The number of pyridine rings is 1. The average molecular weight is 309 g/mol. The number of nitrogens with one attached hydrogen (secondary N) is 1. The topological polar surface area (TPSA) is 84.2 Å². The van der Waals surface area contributed by atoms with Crippen LogP contribution in [-0.4, -0.2) is 35.2 Å². The van der Waals surface area contributed by atoms with E-state index in [0.717, 1.165) is 11.3 Å². The summed E-state index contributed by atoms with van der Waals surface area (Å²) in [5.74, 6) is 0.0193. The van der Waals surface area contributed by atoms with Gasteiger partial charge >= 0.3 is 6.01 Å². The van der Waals surface area contributed by atoms with Crippen LogP contribution < -0.4 is 10.2 Å². The summed E-state index contributed by atoms with van der Waals surface area (Å²) in [6.45, 7) is 0. The van der Waals surface area contributed by atoms with Crippen LogP contribution >= 0.6 is 0 Å². The lowest BCUT2D eigenvalue weighted by Gasteiger charge is -2.12. The lowest BCUT2D eigenvalue weighted by molar-refractivity contribution is 0.102. The molecule has 2 aromatic heterocycles. The third-order valence-corrected chi connectivity index (χ3v) is 3.22. The van der Waals surface area contributed by atoms with Crippen molar-refractivity contribution in [3.8, 4) is 11.5 Å². The van der Waals surface area contributed by atoms with Crippen molar-refractivity contribution in [1.82, 2.24) is 15.2 Å². The summed E-state index contributed by atoms with van der Waals surface area (Å²) in [5, 5.41) is 10.3. The molecule has 1 aromatic carbocycles. The molecule has 7 heteroatoms. The summed E-state index contributed by atoms with van der Waals surface area (Å²) in [5.41, 5.74) is 2.27. The van der Waals surface area contributed by atoms with E-state index in [9.17, 15) is 4.79 Å². The van der Waals surface area contributed by atoms with Crippen LogP contribution in [0.1, 0.15) is 10.4 Å². The van der Waals surface area contributed by atoms with Gasteiger partial charge in [0.1, 0.15) is 0 Å². The van der Waals surface area contributed by atoms with Gasteiger partial charge in [-0.1, -0.05) is 5.10 Å². The molecule has 0 saturated heterocycles. The first-order chi connectivity index (χ1) is 11.1. The Morgan fingerprint density at radius 1 is 1.04 bits per heavy atom. The molecule has 1 amide bonds. The van der Waals surface area contributed by atoms with Crippen LogP contribution in [0.4, 0.5) is 11.7 Å². The minimum absolute atomic E-state index is 0.0542. The van der Waals surface area contributed by atoms with Crippen LogP contribution in [0.5, 0.6) is 0 Å². The molecular formula is C16H15N5O2. The van der Waals surface area contributed by atoms with Crippen molar-refractivity contribution in [2.75, 3.05) is 24.3 Å². The predicted molar refractivity (Wildman–Crippen MR) is 86.3 cm³/mol. The monoisotopic (exact) mass is 309 g/mol. The lowest BCUT2D eigenvalue weighted by atomic mass is 10.2. The van der Waals surface area contributed by atoms with E-state index in [1.165, 1.54) is 0 Å². The maximum atomic E-state index is 12.2. The van der Waals surface area contributed by atoms with Gasteiger partial charge in [0, 0.05) is 43.3 Å². The van der Waals surface area contributed by atoms with E-state index in [0.29, 0.717) is 11.5 Å². The smallest absolute Gasteiger partial charge is 0.322 e. The number of rotatable bonds is 4. The molecule has 116 valence electrons. The Kier molecular flexibility index (Phi) is 4.01. The molecule has 0 aliphatic carbocycles. The molecule has 0 aliphatic heterocycles. The van der Waals surface area contributed by atoms with Crippen LogP contribution in [0.3, 0.4) is 0 Å². The molecule has 2 heterocycles. The van der Waals surface area contributed by atoms with Gasteiger partial charge in [0.05, 0.1) is 0 Å². The molecule has 0 radical (unpaired) electrons. The summed E-state index contributed by atoms with van der Waals surface area (Å²) in [6.07, 6.45) is 3.26. The van der Waals surface area contributed by atoms with Gasteiger partial charge < -0.3 is 9.32 Å². The molecule has 0 unspecified atom stereocenters. The van der Waals surface area contributed by atoms with Crippen LogP contribution in [0.2, 0.25) is 0 Å². The van der Waals surface area contributed by atoms with Gasteiger partial charge in [-0.25, -0.2) is 0 Å². The van der Waals surface area contributed by atoms with Crippen molar-refractivity contribution in [2.24, 2.45) is 0 Å². The summed E-state index contributed by atoms with van der Waals surface area (Å²) < 4.78 is 5.43. The summed E-state index contributed by atoms with van der Waals surface area (Å²) in [4.78, 5) is 18.1. The Morgan fingerprint density at radius 2 is 1.74 bits per heavy atom. The van der Waals surface area contributed by atoms with Crippen LogP contribution in [0, 0.1) is 0 Å². The van der Waals surface area contributed by atoms with E-state index in [2.05, 4.69) is 20.5 Å². The van der Waals surface area contributed by atoms with Crippen molar-refractivity contribution >= 4 is 17.6 Å². The van der Waals surface area contributed by atoms with Crippen molar-refractivity contribution in [3.05, 3.63) is 54.4 Å². The van der Waals surface area contributed by atoms with Crippen LogP contribution in [0.25, 0.3) is 11.5 Å². The maximum Gasteiger partial charge on any atom is 0.322 e. The maximum absolute atomic E-state index is 12.2. The van der Waals surface area contributed by atoms with Crippen LogP contribution in [-0.2, 0) is 0 Å². The number of carbonyl (C=O) groups is 1. The summed E-state index contributed by atoms with van der Waals surface area (Å²) in [7, 11) is 3.88. The molecule has 3 rings (SSSR count). The van der Waals surface area contributed by atoms with Gasteiger partial charge in [-0.05, 0) is 36.4 Å². The second kappa shape index (κ2) is 6.27. The van der Waals surface area contributed by atoms with E-state index >= 15 is 0 Å². The fraction of sp³-hybridized carbons (Fsp3) is 0.125. The van der Waals surface area contributed by atoms with Gasteiger partial charge in [0.25, 0.3) is 5.91 Å². The van der Waals surface area contributed by atoms with Crippen molar-refractivity contribution in [2.45, 2.75) is 0 Å². The van der Waals surface area contributed by atoms with E-state index in [4.69, 9.17) is 4.42 Å². The van der Waals surface area contributed by atoms with Crippen molar-refractivity contribution in [1.29, 1.82) is 0 Å². The summed E-state index contributed by atoms with van der Waals surface area (Å²) >= 11 is 0. The SMILES string of the molecule is CN(C)c1ccc(C(=O)Nc2nnc(-c3ccncc3)o2)cc1. The minimum Gasteiger partial charge on any atom is -0.403 e. The molecule has 1 N–H and O–H groups in total. The Balaban J connectivity index is 1.72. The number of aromatic nitrogens is 3. The number of benzene rings is 1. The largest absolute Gasteiger partial charge is 0.403 e. The van der Waals surface area contributed by atoms with Gasteiger partial charge in [-0.3, -0.25) is 15.1 Å².